The number of carbonyl (C=O) groups excluding carboxylic acids is 1. The second-order valence-electron chi connectivity index (χ2n) is 10.6. The van der Waals surface area contributed by atoms with Crippen molar-refractivity contribution in [1.82, 2.24) is 24.8 Å². The van der Waals surface area contributed by atoms with Crippen LogP contribution in [0.3, 0.4) is 0 Å². The summed E-state index contributed by atoms with van der Waals surface area (Å²) in [5.41, 5.74) is 7.76. The fraction of sp³-hybridized carbons (Fsp3) is 0.393. The van der Waals surface area contributed by atoms with Crippen LogP contribution in [0.2, 0.25) is 0 Å². The van der Waals surface area contributed by atoms with E-state index in [2.05, 4.69) is 63.3 Å². The van der Waals surface area contributed by atoms with E-state index in [9.17, 15) is 4.79 Å². The first kappa shape index (κ1) is 23.2. The molecule has 2 N–H and O–H groups in total. The summed E-state index contributed by atoms with van der Waals surface area (Å²) in [6.07, 6.45) is 7.36. The first-order valence-corrected chi connectivity index (χ1v) is 13.6. The lowest BCUT2D eigenvalue weighted by molar-refractivity contribution is -0.140. The van der Waals surface area contributed by atoms with Gasteiger partial charge in [-0.25, -0.2) is 9.97 Å². The minimum absolute atomic E-state index is 0.257. The molecule has 0 unspecified atom stereocenters. The fourth-order valence-corrected chi connectivity index (χ4v) is 6.21. The lowest BCUT2D eigenvalue weighted by Crippen LogP contribution is -2.47. The monoisotopic (exact) mass is 500 g/mol. The Bertz CT molecular complexity index is 1440. The molecular weight excluding hydrogens is 468 g/mol. The molecule has 0 saturated carbocycles. The predicted octanol–water partition coefficient (Wildman–Crippen LogP) is 5.65. The largest absolute Gasteiger partial charge is 0.355 e. The number of fused-ring (bicyclic) bond motifs is 2. The van der Waals surface area contributed by atoms with Crippen LogP contribution in [0.25, 0.3) is 26.8 Å². The quantitative estimate of drug-likeness (QED) is 0.358. The normalized spacial score (nSPS) is 17.2. The molecule has 1 amide bonds. The molecule has 0 aliphatic carbocycles. The van der Waals surface area contributed by atoms with Crippen molar-refractivity contribution >= 4 is 55.4 Å². The van der Waals surface area contributed by atoms with Gasteiger partial charge in [-0.1, -0.05) is 6.08 Å². The van der Waals surface area contributed by atoms with Gasteiger partial charge in [0.1, 0.15) is 5.65 Å². The van der Waals surface area contributed by atoms with Gasteiger partial charge in [-0.2, -0.15) is 0 Å². The Labute approximate surface area is 215 Å². The summed E-state index contributed by atoms with van der Waals surface area (Å²) in [6.45, 7) is 8.67. The maximum atomic E-state index is 13.3. The highest BCUT2D eigenvalue weighted by Gasteiger charge is 2.35. The molecule has 2 aliphatic heterocycles. The number of amides is 1. The molecule has 186 valence electrons. The number of benzene rings is 1. The number of carbonyl (C=O) groups is 1. The van der Waals surface area contributed by atoms with E-state index in [1.165, 1.54) is 18.4 Å². The van der Waals surface area contributed by atoms with E-state index in [1.54, 1.807) is 11.3 Å². The topological polar surface area (TPSA) is 77.2 Å². The van der Waals surface area contributed by atoms with Gasteiger partial charge in [0.25, 0.3) is 0 Å². The Morgan fingerprint density at radius 2 is 2.00 bits per heavy atom. The molecule has 2 aliphatic rings. The molecule has 0 spiro atoms. The molecule has 6 rings (SSSR count). The number of nitrogens with zero attached hydrogens (tertiary/aromatic N) is 4. The van der Waals surface area contributed by atoms with Crippen LogP contribution in [0.15, 0.2) is 48.1 Å². The average Bonchev–Trinajstić information content (AvgIpc) is 3.64. The van der Waals surface area contributed by atoms with Crippen LogP contribution in [0, 0.1) is 5.41 Å². The first-order valence-electron chi connectivity index (χ1n) is 12.8. The Kier molecular flexibility index (Phi) is 6.01. The van der Waals surface area contributed by atoms with Gasteiger partial charge in [0.2, 0.25) is 5.91 Å². The zero-order valence-electron chi connectivity index (χ0n) is 20.9. The predicted molar refractivity (Wildman–Crippen MR) is 148 cm³/mol. The average molecular weight is 501 g/mol. The Morgan fingerprint density at radius 3 is 2.81 bits per heavy atom. The number of rotatable bonds is 6. The van der Waals surface area contributed by atoms with Gasteiger partial charge in [-0.15, -0.1) is 11.3 Å². The van der Waals surface area contributed by atoms with E-state index in [4.69, 9.17) is 0 Å². The van der Waals surface area contributed by atoms with Gasteiger partial charge >= 0.3 is 0 Å². The molecule has 0 bridgehead atoms. The summed E-state index contributed by atoms with van der Waals surface area (Å²) in [5, 5.41) is 4.61. The van der Waals surface area contributed by atoms with Crippen molar-refractivity contribution < 1.29 is 4.79 Å². The Hall–Kier alpha value is -3.23. The maximum Gasteiger partial charge on any atom is 0.229 e. The standard InChI is InChI=1S/C28H32N6OS/c1-28(2,17-33-11-3-4-12-33)27(35)34-13-8-19(9-14-34)24-16-21-22(7-10-29-26(21)32-24)31-20-5-6-23-25(15-20)36-18-30-23/h5-8,10,15-16,18H,3-4,9,11-14,17H2,1-2H3,(H2,29,31,32). The van der Waals surface area contributed by atoms with Crippen LogP contribution in [0.5, 0.6) is 0 Å². The summed E-state index contributed by atoms with van der Waals surface area (Å²) >= 11 is 1.64. The summed E-state index contributed by atoms with van der Waals surface area (Å²) in [7, 11) is 0. The van der Waals surface area contributed by atoms with Gasteiger partial charge < -0.3 is 20.1 Å². The van der Waals surface area contributed by atoms with E-state index < -0.39 is 0 Å². The van der Waals surface area contributed by atoms with Crippen LogP contribution in [-0.4, -0.2) is 63.4 Å². The van der Waals surface area contributed by atoms with Crippen LogP contribution in [0.4, 0.5) is 11.4 Å². The Balaban J connectivity index is 1.18. The van der Waals surface area contributed by atoms with Gasteiger partial charge in [-0.3, -0.25) is 4.79 Å². The van der Waals surface area contributed by atoms with Gasteiger partial charge in [0.05, 0.1) is 26.8 Å². The van der Waals surface area contributed by atoms with Crippen molar-refractivity contribution in [2.75, 3.05) is 38.0 Å². The van der Waals surface area contributed by atoms with Gasteiger partial charge in [0, 0.05) is 42.6 Å². The Morgan fingerprint density at radius 1 is 1.14 bits per heavy atom. The number of aromatic amines is 1. The third-order valence-electron chi connectivity index (χ3n) is 7.38. The molecule has 1 saturated heterocycles. The molecule has 5 heterocycles. The van der Waals surface area contributed by atoms with Crippen molar-refractivity contribution in [2.45, 2.75) is 33.1 Å². The van der Waals surface area contributed by atoms with Crippen molar-refractivity contribution in [3.63, 3.8) is 0 Å². The summed E-state index contributed by atoms with van der Waals surface area (Å²) in [5.74, 6) is 0.257. The summed E-state index contributed by atoms with van der Waals surface area (Å²) < 4.78 is 1.16. The number of aromatic nitrogens is 3. The molecule has 36 heavy (non-hydrogen) atoms. The van der Waals surface area contributed by atoms with Gasteiger partial charge in [0.15, 0.2) is 0 Å². The van der Waals surface area contributed by atoms with E-state index in [0.29, 0.717) is 6.54 Å². The highest BCUT2D eigenvalue weighted by atomic mass is 32.1. The third-order valence-corrected chi connectivity index (χ3v) is 8.17. The zero-order chi connectivity index (χ0) is 24.7. The second-order valence-corrected chi connectivity index (χ2v) is 11.4. The van der Waals surface area contributed by atoms with Crippen molar-refractivity contribution in [2.24, 2.45) is 5.41 Å². The molecular formula is C28H32N6OS. The van der Waals surface area contributed by atoms with Crippen LogP contribution in [0.1, 0.15) is 38.8 Å². The minimum atomic E-state index is -0.358. The van der Waals surface area contributed by atoms with Crippen LogP contribution in [-0.2, 0) is 4.79 Å². The van der Waals surface area contributed by atoms with Crippen molar-refractivity contribution in [3.8, 4) is 0 Å². The number of hydrogen-bond donors (Lipinski definition) is 2. The van der Waals surface area contributed by atoms with Gasteiger partial charge in [-0.05, 0) is 82.1 Å². The highest BCUT2D eigenvalue weighted by Crippen LogP contribution is 2.32. The minimum Gasteiger partial charge on any atom is -0.355 e. The van der Waals surface area contributed by atoms with Crippen LogP contribution >= 0.6 is 11.3 Å². The van der Waals surface area contributed by atoms with Crippen molar-refractivity contribution in [3.05, 3.63) is 53.8 Å². The number of pyridine rings is 1. The van der Waals surface area contributed by atoms with E-state index in [0.717, 1.165) is 70.9 Å². The number of hydrogen-bond acceptors (Lipinski definition) is 6. The second kappa shape index (κ2) is 9.33. The lowest BCUT2D eigenvalue weighted by Gasteiger charge is -2.36. The number of nitrogens with one attached hydrogen (secondary N) is 2. The maximum absolute atomic E-state index is 13.3. The fourth-order valence-electron chi connectivity index (χ4n) is 5.49. The molecule has 3 aromatic heterocycles. The number of thiazole rings is 1. The third kappa shape index (κ3) is 4.51. The SMILES string of the molecule is CC(C)(CN1CCCC1)C(=O)N1CC=C(c2cc3c(Nc4ccc5ncsc5c4)ccnc3[nH]2)CC1. The smallest absolute Gasteiger partial charge is 0.229 e. The van der Waals surface area contributed by atoms with E-state index in [1.807, 2.05) is 28.7 Å². The number of H-pyrrole nitrogens is 1. The van der Waals surface area contributed by atoms with E-state index >= 15 is 0 Å². The molecule has 4 aromatic rings. The molecule has 8 heteroatoms. The van der Waals surface area contributed by atoms with Crippen molar-refractivity contribution in [1.29, 1.82) is 0 Å². The zero-order valence-corrected chi connectivity index (χ0v) is 21.7. The molecule has 0 radical (unpaired) electrons. The molecule has 7 nitrogen and oxygen atoms in total. The summed E-state index contributed by atoms with van der Waals surface area (Å²) in [6, 6.07) is 10.4. The van der Waals surface area contributed by atoms with Crippen LogP contribution < -0.4 is 5.32 Å². The first-order chi connectivity index (χ1) is 17.5. The molecule has 1 fully saturated rings. The number of likely N-dealkylation sites (tertiary alicyclic amines) is 1. The van der Waals surface area contributed by atoms with E-state index in [-0.39, 0.29) is 11.3 Å². The number of anilines is 2. The highest BCUT2D eigenvalue weighted by molar-refractivity contribution is 7.16. The lowest BCUT2D eigenvalue weighted by atomic mass is 9.89. The molecule has 1 aromatic carbocycles. The summed E-state index contributed by atoms with van der Waals surface area (Å²) in [4.78, 5) is 30.2. The molecule has 0 atom stereocenters.